The van der Waals surface area contributed by atoms with Gasteiger partial charge in [0.1, 0.15) is 0 Å². The van der Waals surface area contributed by atoms with E-state index < -0.39 is 0 Å². The van der Waals surface area contributed by atoms with E-state index in [0.717, 1.165) is 6.42 Å². The highest BCUT2D eigenvalue weighted by Gasteiger charge is 1.99. The van der Waals surface area contributed by atoms with Crippen LogP contribution in [0.5, 0.6) is 0 Å². The van der Waals surface area contributed by atoms with Gasteiger partial charge in [0.15, 0.2) is 0 Å². The zero-order valence-electron chi connectivity index (χ0n) is 6.66. The van der Waals surface area contributed by atoms with Crippen LogP contribution in [0.3, 0.4) is 0 Å². The first-order valence-corrected chi connectivity index (χ1v) is 3.72. The summed E-state index contributed by atoms with van der Waals surface area (Å²) in [5, 5.41) is 0. The normalized spacial score (nSPS) is 12.9. The lowest BCUT2D eigenvalue weighted by atomic mass is 10.1. The van der Waals surface area contributed by atoms with Crippen molar-refractivity contribution in [2.24, 2.45) is 5.90 Å². The molecule has 2 N–H and O–H groups in total. The van der Waals surface area contributed by atoms with Crippen LogP contribution in [0.25, 0.3) is 0 Å². The zero-order valence-corrected chi connectivity index (χ0v) is 6.66. The summed E-state index contributed by atoms with van der Waals surface area (Å²) in [5.74, 6) is 5.02. The van der Waals surface area contributed by atoms with Gasteiger partial charge in [0.25, 0.3) is 0 Å². The van der Waals surface area contributed by atoms with Crippen LogP contribution in [0.2, 0.25) is 0 Å². The average Bonchev–Trinajstić information content (AvgIpc) is 2.06. The number of nitrogens with two attached hydrogens (primary N) is 1. The molecule has 0 heterocycles. The van der Waals surface area contributed by atoms with Crippen LogP contribution >= 0.6 is 0 Å². The topological polar surface area (TPSA) is 35.2 Å². The summed E-state index contributed by atoms with van der Waals surface area (Å²) in [4.78, 5) is 4.65. The molecule has 0 aromatic heterocycles. The van der Waals surface area contributed by atoms with E-state index in [2.05, 4.69) is 17.0 Å². The minimum Gasteiger partial charge on any atom is -0.301 e. The van der Waals surface area contributed by atoms with Gasteiger partial charge in [-0.15, -0.1) is 0 Å². The minimum absolute atomic E-state index is 0.0948. The fraction of sp³-hybridized carbons (Fsp3) is 0.333. The summed E-state index contributed by atoms with van der Waals surface area (Å²) in [6.07, 6.45) is 0.967. The molecule has 0 bridgehead atoms. The van der Waals surface area contributed by atoms with E-state index in [0.29, 0.717) is 0 Å². The molecule has 1 unspecified atom stereocenters. The van der Waals surface area contributed by atoms with Gasteiger partial charge >= 0.3 is 0 Å². The Labute approximate surface area is 66.9 Å². The zero-order chi connectivity index (χ0) is 8.10. The number of benzene rings is 1. The van der Waals surface area contributed by atoms with Crippen molar-refractivity contribution in [1.82, 2.24) is 0 Å². The second kappa shape index (κ2) is 4.11. The van der Waals surface area contributed by atoms with E-state index in [-0.39, 0.29) is 6.10 Å². The third kappa shape index (κ3) is 2.70. The first kappa shape index (κ1) is 8.24. The molecule has 2 nitrogen and oxygen atoms in total. The maximum absolute atomic E-state index is 5.02. The third-order valence-corrected chi connectivity index (χ3v) is 1.60. The summed E-state index contributed by atoms with van der Waals surface area (Å²) in [5.41, 5.74) is 1.26. The SMILES string of the molecule is CC(Cc1ccccc1)ON. The highest BCUT2D eigenvalue weighted by Crippen LogP contribution is 2.03. The first-order valence-electron chi connectivity index (χ1n) is 3.72. The van der Waals surface area contributed by atoms with Crippen molar-refractivity contribution in [1.29, 1.82) is 0 Å². The average molecular weight is 151 g/mol. The fourth-order valence-corrected chi connectivity index (χ4v) is 0.994. The highest BCUT2D eigenvalue weighted by atomic mass is 16.6. The molecule has 0 aliphatic heterocycles. The molecule has 1 aromatic rings. The molecule has 1 aromatic carbocycles. The van der Waals surface area contributed by atoms with Crippen LogP contribution in [-0.2, 0) is 11.3 Å². The summed E-state index contributed by atoms with van der Waals surface area (Å²) < 4.78 is 0. The molecule has 60 valence electrons. The summed E-state index contributed by atoms with van der Waals surface area (Å²) >= 11 is 0. The predicted molar refractivity (Wildman–Crippen MR) is 44.9 cm³/mol. The van der Waals surface area contributed by atoms with Crippen LogP contribution in [0.1, 0.15) is 12.5 Å². The number of rotatable bonds is 3. The van der Waals surface area contributed by atoms with Crippen molar-refractivity contribution in [3.63, 3.8) is 0 Å². The summed E-state index contributed by atoms with van der Waals surface area (Å²) in [7, 11) is 0. The van der Waals surface area contributed by atoms with E-state index in [1.807, 2.05) is 25.1 Å². The Morgan fingerprint density at radius 3 is 2.55 bits per heavy atom. The second-order valence-corrected chi connectivity index (χ2v) is 2.64. The van der Waals surface area contributed by atoms with E-state index in [9.17, 15) is 0 Å². The Bertz CT molecular complexity index is 198. The van der Waals surface area contributed by atoms with Gasteiger partial charge < -0.3 is 4.84 Å². The van der Waals surface area contributed by atoms with Crippen molar-refractivity contribution in [2.75, 3.05) is 0 Å². The molecule has 1 rings (SSSR count). The van der Waals surface area contributed by atoms with Gasteiger partial charge in [-0.25, -0.2) is 5.90 Å². The summed E-state index contributed by atoms with van der Waals surface area (Å²) in [6, 6.07) is 10.2. The molecule has 2 heteroatoms. The van der Waals surface area contributed by atoms with Crippen LogP contribution < -0.4 is 5.90 Å². The Hall–Kier alpha value is -0.860. The van der Waals surface area contributed by atoms with E-state index in [1.54, 1.807) is 0 Å². The largest absolute Gasteiger partial charge is 0.301 e. The molecule has 0 aliphatic rings. The molecule has 1 atom stereocenters. The maximum Gasteiger partial charge on any atom is 0.0799 e. The van der Waals surface area contributed by atoms with Gasteiger partial charge in [0.05, 0.1) is 6.10 Å². The van der Waals surface area contributed by atoms with Crippen LogP contribution in [0.4, 0.5) is 0 Å². The van der Waals surface area contributed by atoms with Crippen LogP contribution in [0, 0.1) is 0 Å². The van der Waals surface area contributed by atoms with Gasteiger partial charge in [0, 0.05) is 6.42 Å². The lowest BCUT2D eigenvalue weighted by molar-refractivity contribution is 0.0671. The van der Waals surface area contributed by atoms with E-state index >= 15 is 0 Å². The molecule has 0 saturated heterocycles. The van der Waals surface area contributed by atoms with Crippen LogP contribution in [0.15, 0.2) is 30.3 Å². The van der Waals surface area contributed by atoms with Gasteiger partial charge in [-0.1, -0.05) is 30.3 Å². The third-order valence-electron chi connectivity index (χ3n) is 1.60. The number of hydrogen-bond acceptors (Lipinski definition) is 2. The van der Waals surface area contributed by atoms with Crippen molar-refractivity contribution in [3.05, 3.63) is 35.9 Å². The Kier molecular flexibility index (Phi) is 3.08. The van der Waals surface area contributed by atoms with Crippen molar-refractivity contribution < 1.29 is 4.84 Å². The molecule has 0 fully saturated rings. The number of hydrogen-bond donors (Lipinski definition) is 1. The fourth-order valence-electron chi connectivity index (χ4n) is 0.994. The molecule has 0 aliphatic carbocycles. The molecular weight excluding hydrogens is 138 g/mol. The Morgan fingerprint density at radius 2 is 2.00 bits per heavy atom. The molecule has 0 amide bonds. The minimum atomic E-state index is 0.0948. The van der Waals surface area contributed by atoms with Gasteiger partial charge in [0.2, 0.25) is 0 Å². The summed E-state index contributed by atoms with van der Waals surface area (Å²) in [6.45, 7) is 1.95. The molecular formula is C9H13NO. The van der Waals surface area contributed by atoms with Gasteiger partial charge in [-0.05, 0) is 12.5 Å². The van der Waals surface area contributed by atoms with Crippen molar-refractivity contribution in [3.8, 4) is 0 Å². The quantitative estimate of drug-likeness (QED) is 0.664. The maximum atomic E-state index is 5.02. The van der Waals surface area contributed by atoms with Gasteiger partial charge in [-0.3, -0.25) is 0 Å². The van der Waals surface area contributed by atoms with E-state index in [4.69, 9.17) is 5.90 Å². The Morgan fingerprint density at radius 1 is 1.36 bits per heavy atom. The lowest BCUT2D eigenvalue weighted by Gasteiger charge is -2.07. The molecule has 11 heavy (non-hydrogen) atoms. The highest BCUT2D eigenvalue weighted by molar-refractivity contribution is 5.15. The smallest absolute Gasteiger partial charge is 0.0799 e. The molecule has 0 saturated carbocycles. The molecule has 0 spiro atoms. The lowest BCUT2D eigenvalue weighted by Crippen LogP contribution is -2.15. The van der Waals surface area contributed by atoms with Crippen LogP contribution in [-0.4, -0.2) is 6.10 Å². The predicted octanol–water partition coefficient (Wildman–Crippen LogP) is 1.51. The standard InChI is InChI=1S/C9H13NO/c1-8(11-10)7-9-5-3-2-4-6-9/h2-6,8H,7,10H2,1H3. The van der Waals surface area contributed by atoms with Crippen molar-refractivity contribution in [2.45, 2.75) is 19.4 Å². The monoisotopic (exact) mass is 151 g/mol. The second-order valence-electron chi connectivity index (χ2n) is 2.64. The van der Waals surface area contributed by atoms with E-state index in [1.165, 1.54) is 5.56 Å². The first-order chi connectivity index (χ1) is 5.33. The molecule has 0 radical (unpaired) electrons. The van der Waals surface area contributed by atoms with Crippen molar-refractivity contribution >= 4 is 0 Å². The Balaban J connectivity index is 2.51. The van der Waals surface area contributed by atoms with Gasteiger partial charge in [-0.2, -0.15) is 0 Å².